The van der Waals surface area contributed by atoms with Gasteiger partial charge in [-0.25, -0.2) is 4.79 Å². The Balaban J connectivity index is 1.98. The second-order valence-electron chi connectivity index (χ2n) is 5.39. The first kappa shape index (κ1) is 13.1. The minimum Gasteiger partial charge on any atom is -0.332 e. The summed E-state index contributed by atoms with van der Waals surface area (Å²) in [5.74, 6) is 0. The molecule has 0 radical (unpaired) electrons. The smallest absolute Gasteiger partial charge is 0.319 e. The lowest BCUT2D eigenvalue weighted by Gasteiger charge is -2.38. The lowest BCUT2D eigenvalue weighted by Crippen LogP contribution is -2.60. The molecular formula is C16H14N4OS. The third kappa shape index (κ3) is 1.58. The maximum atomic E-state index is 12.2. The minimum absolute atomic E-state index is 0.254. The first-order valence-electron chi connectivity index (χ1n) is 6.98. The maximum Gasteiger partial charge on any atom is 0.319 e. The van der Waals surface area contributed by atoms with Crippen LogP contribution < -0.4 is 21.3 Å². The second-order valence-corrected chi connectivity index (χ2v) is 5.80. The molecule has 2 fully saturated rings. The summed E-state index contributed by atoms with van der Waals surface area (Å²) < 4.78 is 0. The molecule has 0 aliphatic carbocycles. The van der Waals surface area contributed by atoms with Gasteiger partial charge in [0.05, 0.1) is 0 Å². The Labute approximate surface area is 133 Å². The van der Waals surface area contributed by atoms with E-state index in [0.717, 1.165) is 11.1 Å². The molecule has 4 rings (SSSR count). The van der Waals surface area contributed by atoms with E-state index in [1.54, 1.807) is 0 Å². The molecule has 5 nitrogen and oxygen atoms in total. The fraction of sp³-hybridized carbons (Fsp3) is 0.125. The molecule has 2 amide bonds. The molecule has 2 unspecified atom stereocenters. The number of hydrogen-bond acceptors (Lipinski definition) is 2. The van der Waals surface area contributed by atoms with Crippen LogP contribution in [0.4, 0.5) is 4.79 Å². The van der Waals surface area contributed by atoms with Crippen molar-refractivity contribution in [3.8, 4) is 0 Å². The number of carbonyl (C=O) groups excluding carboxylic acids is 1. The number of amides is 2. The van der Waals surface area contributed by atoms with Gasteiger partial charge < -0.3 is 21.3 Å². The van der Waals surface area contributed by atoms with Crippen molar-refractivity contribution in [3.05, 3.63) is 71.8 Å². The Morgan fingerprint density at radius 2 is 1.09 bits per heavy atom. The van der Waals surface area contributed by atoms with Crippen LogP contribution in [-0.2, 0) is 11.3 Å². The number of thiocarbonyl (C=S) groups is 1. The summed E-state index contributed by atoms with van der Waals surface area (Å²) in [5, 5.41) is 13.0. The van der Waals surface area contributed by atoms with Crippen LogP contribution in [0.15, 0.2) is 60.7 Å². The summed E-state index contributed by atoms with van der Waals surface area (Å²) in [4.78, 5) is 12.2. The Morgan fingerprint density at radius 3 is 1.50 bits per heavy atom. The van der Waals surface area contributed by atoms with Gasteiger partial charge in [0.2, 0.25) is 0 Å². The second kappa shape index (κ2) is 4.45. The highest BCUT2D eigenvalue weighted by atomic mass is 32.1. The third-order valence-corrected chi connectivity index (χ3v) is 4.38. The predicted molar refractivity (Wildman–Crippen MR) is 86.8 cm³/mol. The number of nitrogens with one attached hydrogen (secondary N) is 4. The Hall–Kier alpha value is -2.60. The number of hydrogen-bond donors (Lipinski definition) is 4. The first-order chi connectivity index (χ1) is 10.7. The van der Waals surface area contributed by atoms with Gasteiger partial charge in [-0.15, -0.1) is 0 Å². The van der Waals surface area contributed by atoms with Gasteiger partial charge in [-0.05, 0) is 12.2 Å². The van der Waals surface area contributed by atoms with Gasteiger partial charge >= 0.3 is 6.03 Å². The Kier molecular flexibility index (Phi) is 2.65. The molecule has 6 heteroatoms. The molecule has 2 aromatic rings. The van der Waals surface area contributed by atoms with Crippen LogP contribution in [0.1, 0.15) is 11.1 Å². The van der Waals surface area contributed by atoms with E-state index in [-0.39, 0.29) is 6.03 Å². The Bertz CT molecular complexity index is 666. The fourth-order valence-electron chi connectivity index (χ4n) is 3.28. The molecular weight excluding hydrogens is 296 g/mol. The third-order valence-electron chi connectivity index (χ3n) is 4.18. The number of rotatable bonds is 2. The molecule has 0 saturated carbocycles. The van der Waals surface area contributed by atoms with Crippen molar-refractivity contribution in [1.29, 1.82) is 0 Å². The number of urea groups is 1. The van der Waals surface area contributed by atoms with E-state index >= 15 is 0 Å². The van der Waals surface area contributed by atoms with Gasteiger partial charge in [-0.1, -0.05) is 60.7 Å². The van der Waals surface area contributed by atoms with Gasteiger partial charge in [0.15, 0.2) is 16.4 Å². The summed E-state index contributed by atoms with van der Waals surface area (Å²) in [6.07, 6.45) is 0. The van der Waals surface area contributed by atoms with Crippen molar-refractivity contribution < 1.29 is 4.79 Å². The predicted octanol–water partition coefficient (Wildman–Crippen LogP) is 1.48. The maximum absolute atomic E-state index is 12.2. The molecule has 2 saturated heterocycles. The van der Waals surface area contributed by atoms with E-state index in [9.17, 15) is 4.79 Å². The van der Waals surface area contributed by atoms with Gasteiger partial charge in [-0.2, -0.15) is 0 Å². The molecule has 2 aliphatic heterocycles. The summed E-state index contributed by atoms with van der Waals surface area (Å²) in [6, 6.07) is 19.2. The summed E-state index contributed by atoms with van der Waals surface area (Å²) in [5.41, 5.74) is 0.0993. The zero-order chi connectivity index (χ0) is 15.2. The van der Waals surface area contributed by atoms with Crippen molar-refractivity contribution >= 4 is 23.4 Å². The van der Waals surface area contributed by atoms with Crippen molar-refractivity contribution in [2.45, 2.75) is 11.3 Å². The molecule has 4 N–H and O–H groups in total. The SMILES string of the molecule is O=C1NC2(c3ccccc3)NC(=S)NC2(c2ccccc2)N1. The van der Waals surface area contributed by atoms with Crippen LogP contribution in [-0.4, -0.2) is 11.1 Å². The normalized spacial score (nSPS) is 29.1. The van der Waals surface area contributed by atoms with Crippen LogP contribution in [0, 0.1) is 0 Å². The summed E-state index contributed by atoms with van der Waals surface area (Å²) in [7, 11) is 0. The van der Waals surface area contributed by atoms with Crippen LogP contribution in [0.2, 0.25) is 0 Å². The molecule has 2 heterocycles. The largest absolute Gasteiger partial charge is 0.332 e. The van der Waals surface area contributed by atoms with Gasteiger partial charge in [0.1, 0.15) is 0 Å². The van der Waals surface area contributed by atoms with Gasteiger partial charge in [0, 0.05) is 11.1 Å². The van der Waals surface area contributed by atoms with E-state index in [1.807, 2.05) is 60.7 Å². The molecule has 0 spiro atoms. The van der Waals surface area contributed by atoms with E-state index in [4.69, 9.17) is 12.2 Å². The van der Waals surface area contributed by atoms with E-state index in [2.05, 4.69) is 21.3 Å². The van der Waals surface area contributed by atoms with Crippen molar-refractivity contribution in [1.82, 2.24) is 21.3 Å². The highest BCUT2D eigenvalue weighted by Gasteiger charge is 2.65. The molecule has 2 aromatic carbocycles. The molecule has 2 atom stereocenters. The molecule has 0 aromatic heterocycles. The molecule has 0 bridgehead atoms. The van der Waals surface area contributed by atoms with Crippen molar-refractivity contribution in [2.24, 2.45) is 0 Å². The lowest BCUT2D eigenvalue weighted by atomic mass is 9.83. The van der Waals surface area contributed by atoms with E-state index in [0.29, 0.717) is 5.11 Å². The van der Waals surface area contributed by atoms with Crippen LogP contribution in [0.3, 0.4) is 0 Å². The van der Waals surface area contributed by atoms with Crippen LogP contribution in [0.5, 0.6) is 0 Å². The monoisotopic (exact) mass is 310 g/mol. The quantitative estimate of drug-likeness (QED) is 0.635. The number of carbonyl (C=O) groups is 1. The van der Waals surface area contributed by atoms with Gasteiger partial charge in [0.25, 0.3) is 0 Å². The van der Waals surface area contributed by atoms with E-state index in [1.165, 1.54) is 0 Å². The van der Waals surface area contributed by atoms with Crippen LogP contribution >= 0.6 is 12.2 Å². The highest BCUT2D eigenvalue weighted by molar-refractivity contribution is 7.80. The van der Waals surface area contributed by atoms with Crippen LogP contribution in [0.25, 0.3) is 0 Å². The van der Waals surface area contributed by atoms with Crippen molar-refractivity contribution in [3.63, 3.8) is 0 Å². The van der Waals surface area contributed by atoms with Gasteiger partial charge in [-0.3, -0.25) is 0 Å². The zero-order valence-electron chi connectivity index (χ0n) is 11.6. The Morgan fingerprint density at radius 1 is 0.682 bits per heavy atom. The van der Waals surface area contributed by atoms with Crippen molar-refractivity contribution in [2.75, 3.05) is 0 Å². The average Bonchev–Trinajstić information content (AvgIpc) is 2.97. The lowest BCUT2D eigenvalue weighted by molar-refractivity contribution is 0.208. The summed E-state index contributed by atoms with van der Waals surface area (Å²) in [6.45, 7) is 0. The molecule has 22 heavy (non-hydrogen) atoms. The fourth-order valence-corrected chi connectivity index (χ4v) is 3.59. The molecule has 110 valence electrons. The zero-order valence-corrected chi connectivity index (χ0v) is 12.4. The number of fused-ring (bicyclic) bond motifs is 1. The average molecular weight is 310 g/mol. The topological polar surface area (TPSA) is 65.2 Å². The standard InChI is InChI=1S/C16H14N4OS/c21-13-17-15(11-7-3-1-4-8-11)16(18-13,20-14(22)19-15)12-9-5-2-6-10-12/h1-10H,(H2,17,18,21)(H2,19,20,22). The highest BCUT2D eigenvalue weighted by Crippen LogP contribution is 2.43. The first-order valence-corrected chi connectivity index (χ1v) is 7.39. The van der Waals surface area contributed by atoms with E-state index < -0.39 is 11.3 Å². The minimum atomic E-state index is -0.871. The summed E-state index contributed by atoms with van der Waals surface area (Å²) >= 11 is 5.34. The molecule has 2 aliphatic rings. The number of benzene rings is 2.